The van der Waals surface area contributed by atoms with Crippen LogP contribution in [0.2, 0.25) is 10.0 Å². The summed E-state index contributed by atoms with van der Waals surface area (Å²) in [4.78, 5) is 21.1. The Morgan fingerprint density at radius 1 is 1.22 bits per heavy atom. The van der Waals surface area contributed by atoms with Crippen LogP contribution >= 0.6 is 23.2 Å². The molecule has 3 aromatic rings. The number of anilines is 1. The minimum absolute atomic E-state index is 0.0205. The van der Waals surface area contributed by atoms with Gasteiger partial charge in [0.05, 0.1) is 29.8 Å². The maximum Gasteiger partial charge on any atom is 0.237 e. The zero-order chi connectivity index (χ0) is 25.2. The van der Waals surface area contributed by atoms with Crippen molar-refractivity contribution >= 4 is 51.5 Å². The van der Waals surface area contributed by atoms with Crippen LogP contribution < -0.4 is 10.5 Å². The molecule has 2 aromatic heterocycles. The molecule has 0 saturated carbocycles. The van der Waals surface area contributed by atoms with Crippen LogP contribution in [-0.2, 0) is 11.2 Å². The summed E-state index contributed by atoms with van der Waals surface area (Å²) in [5.41, 5.74) is 9.04. The molecule has 0 atom stereocenters. The molecule has 1 amide bonds. The van der Waals surface area contributed by atoms with Crippen molar-refractivity contribution in [3.8, 4) is 5.75 Å². The van der Waals surface area contributed by atoms with Crippen LogP contribution in [0.4, 0.5) is 10.2 Å². The van der Waals surface area contributed by atoms with Crippen LogP contribution in [0.15, 0.2) is 35.1 Å². The van der Waals surface area contributed by atoms with Crippen LogP contribution in [0.3, 0.4) is 0 Å². The number of ether oxygens (including phenoxy) is 1. The second-order valence-electron chi connectivity index (χ2n) is 9.09. The van der Waals surface area contributed by atoms with Gasteiger partial charge in [0.25, 0.3) is 0 Å². The number of fused-ring (bicyclic) bond motifs is 1. The van der Waals surface area contributed by atoms with Gasteiger partial charge in [0.15, 0.2) is 11.4 Å². The normalized spacial score (nSPS) is 16.5. The molecule has 10 heteroatoms. The molecule has 4 heterocycles. The van der Waals surface area contributed by atoms with Crippen molar-refractivity contribution < 1.29 is 18.3 Å². The lowest BCUT2D eigenvalue weighted by Crippen LogP contribution is -2.41. The third kappa shape index (κ3) is 5.03. The lowest BCUT2D eigenvalue weighted by Gasteiger charge is -2.28. The van der Waals surface area contributed by atoms with Gasteiger partial charge in [-0.2, -0.15) is 0 Å². The van der Waals surface area contributed by atoms with Crippen molar-refractivity contribution in [3.63, 3.8) is 0 Å². The predicted octanol–water partition coefficient (Wildman–Crippen LogP) is 5.19. The number of nitrogens with two attached hydrogens (primary N) is 1. The third-order valence-corrected chi connectivity index (χ3v) is 7.57. The maximum atomic E-state index is 13.8. The highest BCUT2D eigenvalue weighted by Crippen LogP contribution is 2.38. The number of rotatable bonds is 7. The van der Waals surface area contributed by atoms with Gasteiger partial charge in [0.1, 0.15) is 5.82 Å². The second-order valence-corrected chi connectivity index (χ2v) is 9.87. The highest BCUT2D eigenvalue weighted by Gasteiger charge is 2.24. The van der Waals surface area contributed by atoms with E-state index in [1.165, 1.54) is 25.0 Å². The molecule has 36 heavy (non-hydrogen) atoms. The Morgan fingerprint density at radius 2 is 2.03 bits per heavy atom. The Balaban J connectivity index is 1.29. The fourth-order valence-electron chi connectivity index (χ4n) is 4.79. The topological polar surface area (TPSA) is 84.8 Å². The number of carbonyl (C=O) groups is 1. The van der Waals surface area contributed by atoms with Gasteiger partial charge in [-0.1, -0.05) is 29.3 Å². The summed E-state index contributed by atoms with van der Waals surface area (Å²) >= 11 is 12.2. The van der Waals surface area contributed by atoms with Crippen molar-refractivity contribution in [1.29, 1.82) is 0 Å². The lowest BCUT2D eigenvalue weighted by atomic mass is 9.99. The van der Waals surface area contributed by atoms with Crippen LogP contribution in [-0.4, -0.2) is 60.0 Å². The van der Waals surface area contributed by atoms with Crippen molar-refractivity contribution in [2.75, 3.05) is 45.1 Å². The first-order valence-corrected chi connectivity index (χ1v) is 12.8. The summed E-state index contributed by atoms with van der Waals surface area (Å²) in [6, 6.07) is 2.69. The predicted molar refractivity (Wildman–Crippen MR) is 139 cm³/mol. The quantitative estimate of drug-likeness (QED) is 0.421. The number of benzene rings is 1. The van der Waals surface area contributed by atoms with Crippen molar-refractivity contribution in [2.24, 2.45) is 0 Å². The van der Waals surface area contributed by atoms with Gasteiger partial charge in [-0.3, -0.25) is 9.69 Å². The van der Waals surface area contributed by atoms with E-state index in [9.17, 15) is 9.18 Å². The van der Waals surface area contributed by atoms with Gasteiger partial charge in [-0.15, -0.1) is 0 Å². The van der Waals surface area contributed by atoms with Crippen LogP contribution in [0.25, 0.3) is 16.5 Å². The van der Waals surface area contributed by atoms with E-state index in [1.54, 1.807) is 12.5 Å². The molecular weight excluding hydrogens is 506 g/mol. The fraction of sp³-hybridized carbons (Fsp3) is 0.385. The zero-order valence-electron chi connectivity index (χ0n) is 19.7. The smallest absolute Gasteiger partial charge is 0.237 e. The monoisotopic (exact) mass is 532 g/mol. The highest BCUT2D eigenvalue weighted by molar-refractivity contribution is 6.36. The average Bonchev–Trinajstić information content (AvgIpc) is 3.55. The molecule has 0 radical (unpaired) electrons. The maximum absolute atomic E-state index is 13.8. The molecular formula is C26H27Cl2FN4O3. The number of nitrogen functional groups attached to an aromatic ring is 1. The number of nitrogens with zero attached hydrogens (tertiary/aromatic N) is 3. The van der Waals surface area contributed by atoms with E-state index in [1.807, 2.05) is 4.90 Å². The number of hydrogen-bond acceptors (Lipinski definition) is 6. The first kappa shape index (κ1) is 24.9. The van der Waals surface area contributed by atoms with Gasteiger partial charge < -0.3 is 19.8 Å². The molecule has 0 spiro atoms. The van der Waals surface area contributed by atoms with E-state index in [0.29, 0.717) is 41.6 Å². The number of likely N-dealkylation sites (tertiary alicyclic amines) is 1. The molecule has 1 fully saturated rings. The molecule has 2 N–H and O–H groups in total. The molecule has 7 nitrogen and oxygen atoms in total. The Bertz CT molecular complexity index is 1320. The average molecular weight is 533 g/mol. The minimum atomic E-state index is -0.535. The van der Waals surface area contributed by atoms with Gasteiger partial charge in [0.2, 0.25) is 11.7 Å². The lowest BCUT2D eigenvalue weighted by molar-refractivity contribution is -0.131. The molecule has 0 bridgehead atoms. The number of pyridine rings is 1. The first-order valence-electron chi connectivity index (χ1n) is 12.0. The van der Waals surface area contributed by atoms with E-state index in [2.05, 4.69) is 16.0 Å². The van der Waals surface area contributed by atoms with E-state index in [-0.39, 0.29) is 29.8 Å². The summed E-state index contributed by atoms with van der Waals surface area (Å²) in [7, 11) is 0. The number of carbonyl (C=O) groups excluding carboxylic acids is 1. The van der Waals surface area contributed by atoms with E-state index in [0.717, 1.165) is 36.0 Å². The van der Waals surface area contributed by atoms with Crippen molar-refractivity contribution in [1.82, 2.24) is 14.8 Å². The van der Waals surface area contributed by atoms with Gasteiger partial charge >= 0.3 is 0 Å². The molecule has 1 aromatic carbocycles. The third-order valence-electron chi connectivity index (χ3n) is 6.80. The Kier molecular flexibility index (Phi) is 7.37. The van der Waals surface area contributed by atoms with Crippen molar-refractivity contribution in [3.05, 3.63) is 57.7 Å². The standard InChI is InChI=1S/C26H27Cl2FN4O3/c27-20-3-4-21(29)23(28)17(20)7-12-35-25-24-18(13-31-26(25)30)19(15-36-24)16-5-10-33(11-6-16)22(34)14-32-8-1-2-9-32/h3-5,13,15H,1-2,6-12,14H2,(H2,30,31). The molecule has 5 rings (SSSR count). The summed E-state index contributed by atoms with van der Waals surface area (Å²) in [5, 5.41) is 1.13. The van der Waals surface area contributed by atoms with Gasteiger partial charge in [-0.05, 0) is 55.6 Å². The summed E-state index contributed by atoms with van der Waals surface area (Å²) < 4.78 is 25.6. The van der Waals surface area contributed by atoms with E-state index < -0.39 is 5.82 Å². The molecule has 0 unspecified atom stereocenters. The number of halogens is 3. The van der Waals surface area contributed by atoms with Crippen LogP contribution in [0.5, 0.6) is 5.75 Å². The van der Waals surface area contributed by atoms with Crippen molar-refractivity contribution in [2.45, 2.75) is 25.7 Å². The number of amides is 1. The zero-order valence-corrected chi connectivity index (χ0v) is 21.2. The molecule has 190 valence electrons. The number of aromatic nitrogens is 1. The van der Waals surface area contributed by atoms with Gasteiger partial charge in [0, 0.05) is 36.3 Å². The Hall–Kier alpha value is -2.81. The largest absolute Gasteiger partial charge is 0.486 e. The minimum Gasteiger partial charge on any atom is -0.486 e. The molecule has 1 saturated heterocycles. The van der Waals surface area contributed by atoms with Crippen LogP contribution in [0, 0.1) is 5.82 Å². The summed E-state index contributed by atoms with van der Waals surface area (Å²) in [5.74, 6) is 0.150. The fourth-order valence-corrected chi connectivity index (χ4v) is 5.35. The molecule has 2 aliphatic heterocycles. The first-order chi connectivity index (χ1) is 17.4. The van der Waals surface area contributed by atoms with E-state index >= 15 is 0 Å². The number of hydrogen-bond donors (Lipinski definition) is 1. The summed E-state index contributed by atoms with van der Waals surface area (Å²) in [6.45, 7) is 3.88. The SMILES string of the molecule is Nc1ncc2c(C3=CCN(C(=O)CN4CCCC4)CC3)coc2c1OCCc1c(Cl)ccc(F)c1Cl. The van der Waals surface area contributed by atoms with E-state index in [4.69, 9.17) is 38.1 Å². The van der Waals surface area contributed by atoms with Gasteiger partial charge in [-0.25, -0.2) is 9.37 Å². The molecule has 2 aliphatic rings. The number of furan rings is 1. The Morgan fingerprint density at radius 3 is 2.78 bits per heavy atom. The highest BCUT2D eigenvalue weighted by atomic mass is 35.5. The Labute approximate surface area is 218 Å². The summed E-state index contributed by atoms with van der Waals surface area (Å²) in [6.07, 6.45) is 8.75. The van der Waals surface area contributed by atoms with Crippen LogP contribution in [0.1, 0.15) is 30.4 Å². The second kappa shape index (κ2) is 10.7. The molecule has 0 aliphatic carbocycles.